The summed E-state index contributed by atoms with van der Waals surface area (Å²) < 4.78 is 0. The number of aliphatic hydroxyl groups is 1. The zero-order valence-electron chi connectivity index (χ0n) is 13.3. The summed E-state index contributed by atoms with van der Waals surface area (Å²) in [6.45, 7) is 3.65. The number of rotatable bonds is 6. The molecule has 2 aromatic carbocycles. The summed E-state index contributed by atoms with van der Waals surface area (Å²) in [6.07, 6.45) is 1.46. The van der Waals surface area contributed by atoms with Crippen LogP contribution in [0.15, 0.2) is 67.3 Å². The van der Waals surface area contributed by atoms with Gasteiger partial charge in [0.25, 0.3) is 11.8 Å². The van der Waals surface area contributed by atoms with Gasteiger partial charge < -0.3 is 5.11 Å². The van der Waals surface area contributed by atoms with Gasteiger partial charge in [-0.25, -0.2) is 0 Å². The molecule has 0 saturated heterocycles. The van der Waals surface area contributed by atoms with Crippen LogP contribution in [0.3, 0.4) is 0 Å². The molecule has 2 aromatic rings. The molecule has 2 amide bonds. The van der Waals surface area contributed by atoms with Crippen LogP contribution in [0.25, 0.3) is 0 Å². The predicted octanol–water partition coefficient (Wildman–Crippen LogP) is 2.83. The average molecular weight is 321 g/mol. The first kappa shape index (κ1) is 16.1. The second kappa shape index (κ2) is 6.81. The largest absolute Gasteiger partial charge is 0.391 e. The molecule has 2 atom stereocenters. The number of amides is 2. The Kier molecular flexibility index (Phi) is 4.58. The third-order valence-corrected chi connectivity index (χ3v) is 4.30. The second-order valence-electron chi connectivity index (χ2n) is 5.87. The SMILES string of the molecule is C=CC[C@@H](O)[C@H](Cc1ccccc1)N1C(=O)c2ccccc2C1=O. The van der Waals surface area contributed by atoms with Crippen molar-refractivity contribution >= 4 is 11.8 Å². The molecule has 0 saturated carbocycles. The highest BCUT2D eigenvalue weighted by Gasteiger charge is 2.41. The molecule has 24 heavy (non-hydrogen) atoms. The maximum Gasteiger partial charge on any atom is 0.261 e. The Morgan fingerprint density at radius 2 is 1.50 bits per heavy atom. The van der Waals surface area contributed by atoms with Crippen LogP contribution in [0.5, 0.6) is 0 Å². The first-order valence-corrected chi connectivity index (χ1v) is 7.93. The first-order chi connectivity index (χ1) is 11.6. The highest BCUT2D eigenvalue weighted by Crippen LogP contribution is 2.27. The Balaban J connectivity index is 1.95. The van der Waals surface area contributed by atoms with E-state index in [4.69, 9.17) is 0 Å². The van der Waals surface area contributed by atoms with Gasteiger partial charge in [-0.2, -0.15) is 0 Å². The summed E-state index contributed by atoms with van der Waals surface area (Å²) in [7, 11) is 0. The third-order valence-electron chi connectivity index (χ3n) is 4.30. The third kappa shape index (κ3) is 2.88. The van der Waals surface area contributed by atoms with Crippen molar-refractivity contribution in [3.8, 4) is 0 Å². The van der Waals surface area contributed by atoms with Gasteiger partial charge in [0.1, 0.15) is 0 Å². The van der Waals surface area contributed by atoms with E-state index in [1.807, 2.05) is 30.3 Å². The topological polar surface area (TPSA) is 57.6 Å². The summed E-state index contributed by atoms with van der Waals surface area (Å²) in [6, 6.07) is 15.7. The van der Waals surface area contributed by atoms with Gasteiger partial charge >= 0.3 is 0 Å². The molecule has 3 rings (SSSR count). The van der Waals surface area contributed by atoms with Gasteiger partial charge in [0.2, 0.25) is 0 Å². The smallest absolute Gasteiger partial charge is 0.261 e. The summed E-state index contributed by atoms with van der Waals surface area (Å²) >= 11 is 0. The van der Waals surface area contributed by atoms with Crippen LogP contribution in [0.2, 0.25) is 0 Å². The van der Waals surface area contributed by atoms with Crippen LogP contribution in [0.4, 0.5) is 0 Å². The molecule has 0 aliphatic carbocycles. The molecular weight excluding hydrogens is 302 g/mol. The molecular formula is C20H19NO3. The molecule has 0 unspecified atom stereocenters. The number of nitrogens with zero attached hydrogens (tertiary/aromatic N) is 1. The van der Waals surface area contributed by atoms with Crippen LogP contribution >= 0.6 is 0 Å². The molecule has 0 aromatic heterocycles. The molecule has 0 spiro atoms. The lowest BCUT2D eigenvalue weighted by atomic mass is 9.97. The van der Waals surface area contributed by atoms with Crippen LogP contribution < -0.4 is 0 Å². The number of benzene rings is 2. The minimum absolute atomic E-state index is 0.310. The number of carbonyl (C=O) groups is 2. The quantitative estimate of drug-likeness (QED) is 0.657. The number of hydrogen-bond donors (Lipinski definition) is 1. The van der Waals surface area contributed by atoms with Gasteiger partial charge in [-0.05, 0) is 30.5 Å². The van der Waals surface area contributed by atoms with Crippen molar-refractivity contribution < 1.29 is 14.7 Å². The second-order valence-corrected chi connectivity index (χ2v) is 5.87. The fraction of sp³-hybridized carbons (Fsp3) is 0.200. The van der Waals surface area contributed by atoms with Crippen LogP contribution in [0, 0.1) is 0 Å². The maximum atomic E-state index is 12.7. The Hall–Kier alpha value is -2.72. The number of aliphatic hydroxyl groups excluding tert-OH is 1. The molecule has 122 valence electrons. The Bertz CT molecular complexity index is 734. The minimum atomic E-state index is -0.857. The fourth-order valence-electron chi connectivity index (χ4n) is 3.09. The van der Waals surface area contributed by atoms with E-state index < -0.39 is 12.1 Å². The van der Waals surface area contributed by atoms with Crippen molar-refractivity contribution in [3.05, 3.63) is 83.9 Å². The van der Waals surface area contributed by atoms with Gasteiger partial charge in [0.15, 0.2) is 0 Å². The molecule has 4 heteroatoms. The maximum absolute atomic E-state index is 12.7. The van der Waals surface area contributed by atoms with Crippen molar-refractivity contribution in [2.45, 2.75) is 25.0 Å². The van der Waals surface area contributed by atoms with E-state index >= 15 is 0 Å². The van der Waals surface area contributed by atoms with Crippen molar-refractivity contribution in [2.24, 2.45) is 0 Å². The normalized spacial score (nSPS) is 16.0. The van der Waals surface area contributed by atoms with Crippen LogP contribution in [0.1, 0.15) is 32.7 Å². The zero-order chi connectivity index (χ0) is 17.1. The van der Waals surface area contributed by atoms with Crippen LogP contribution in [-0.2, 0) is 6.42 Å². The Morgan fingerprint density at radius 3 is 2.04 bits per heavy atom. The van der Waals surface area contributed by atoms with E-state index in [9.17, 15) is 14.7 Å². The fourth-order valence-corrected chi connectivity index (χ4v) is 3.09. The lowest BCUT2D eigenvalue weighted by Gasteiger charge is -2.30. The van der Waals surface area contributed by atoms with Gasteiger partial charge in [-0.1, -0.05) is 48.5 Å². The lowest BCUT2D eigenvalue weighted by molar-refractivity contribution is 0.0346. The molecule has 1 aliphatic heterocycles. The van der Waals surface area contributed by atoms with Crippen molar-refractivity contribution in [1.29, 1.82) is 0 Å². The number of fused-ring (bicyclic) bond motifs is 1. The summed E-state index contributed by atoms with van der Waals surface area (Å²) in [5.41, 5.74) is 1.75. The molecule has 1 N–H and O–H groups in total. The monoisotopic (exact) mass is 321 g/mol. The van der Waals surface area contributed by atoms with E-state index in [-0.39, 0.29) is 11.8 Å². The van der Waals surface area contributed by atoms with Crippen molar-refractivity contribution in [3.63, 3.8) is 0 Å². The minimum Gasteiger partial charge on any atom is -0.391 e. The zero-order valence-corrected chi connectivity index (χ0v) is 13.3. The van der Waals surface area contributed by atoms with E-state index in [0.29, 0.717) is 24.0 Å². The summed E-state index contributed by atoms with van der Waals surface area (Å²) in [5, 5.41) is 10.5. The summed E-state index contributed by atoms with van der Waals surface area (Å²) in [4.78, 5) is 26.6. The highest BCUT2D eigenvalue weighted by molar-refractivity contribution is 6.21. The molecule has 4 nitrogen and oxygen atoms in total. The molecule has 0 fully saturated rings. The van der Waals surface area contributed by atoms with Crippen molar-refractivity contribution in [2.75, 3.05) is 0 Å². The lowest BCUT2D eigenvalue weighted by Crippen LogP contribution is -2.48. The van der Waals surface area contributed by atoms with Gasteiger partial charge in [-0.3, -0.25) is 14.5 Å². The van der Waals surface area contributed by atoms with E-state index in [1.54, 1.807) is 30.3 Å². The van der Waals surface area contributed by atoms with Gasteiger partial charge in [0.05, 0.1) is 23.3 Å². The number of hydrogen-bond acceptors (Lipinski definition) is 3. The van der Waals surface area contributed by atoms with E-state index in [1.165, 1.54) is 4.90 Å². The Labute approximate surface area is 141 Å². The molecule has 1 heterocycles. The van der Waals surface area contributed by atoms with Gasteiger partial charge in [0, 0.05) is 0 Å². The average Bonchev–Trinajstić information content (AvgIpc) is 2.86. The number of carbonyl (C=O) groups excluding carboxylic acids is 2. The highest BCUT2D eigenvalue weighted by atomic mass is 16.3. The summed E-state index contributed by atoms with van der Waals surface area (Å²) in [5.74, 6) is -0.695. The predicted molar refractivity (Wildman–Crippen MR) is 91.7 cm³/mol. The van der Waals surface area contributed by atoms with Crippen molar-refractivity contribution in [1.82, 2.24) is 4.90 Å². The molecule has 0 radical (unpaired) electrons. The van der Waals surface area contributed by atoms with E-state index in [0.717, 1.165) is 5.56 Å². The van der Waals surface area contributed by atoms with E-state index in [2.05, 4.69) is 6.58 Å². The molecule has 1 aliphatic rings. The number of imide groups is 1. The Morgan fingerprint density at radius 1 is 0.958 bits per heavy atom. The van der Waals surface area contributed by atoms with Gasteiger partial charge in [-0.15, -0.1) is 6.58 Å². The first-order valence-electron chi connectivity index (χ1n) is 7.93. The van der Waals surface area contributed by atoms with Crippen LogP contribution in [-0.4, -0.2) is 34.0 Å². The standard InChI is InChI=1S/C20H19NO3/c1-2-8-18(22)17(13-14-9-4-3-5-10-14)21-19(23)15-11-6-7-12-16(15)20(21)24/h2-7,9-12,17-18,22H,1,8,13H2/t17-,18+/m0/s1. The molecule has 0 bridgehead atoms.